The Morgan fingerprint density at radius 3 is 2.47 bits per heavy atom. The Bertz CT molecular complexity index is 741. The number of fused-ring (bicyclic) bond motifs is 3. The summed E-state index contributed by atoms with van der Waals surface area (Å²) < 4.78 is 5.95. The van der Waals surface area contributed by atoms with Crippen molar-refractivity contribution >= 4 is 29.9 Å². The second-order valence-corrected chi connectivity index (χ2v) is 10.1. The van der Waals surface area contributed by atoms with Crippen LogP contribution in [0.2, 0.25) is 0 Å². The molecular formula is C24H37IN4O. The molecule has 5 atom stereocenters. The molecule has 4 fully saturated rings. The van der Waals surface area contributed by atoms with Crippen molar-refractivity contribution in [2.45, 2.75) is 82.8 Å². The molecule has 1 aromatic carbocycles. The van der Waals surface area contributed by atoms with Crippen molar-refractivity contribution in [3.05, 3.63) is 35.9 Å². The van der Waals surface area contributed by atoms with Crippen LogP contribution in [0.1, 0.15) is 51.5 Å². The van der Waals surface area contributed by atoms with Crippen molar-refractivity contribution in [3.63, 3.8) is 0 Å². The molecular weight excluding hydrogens is 487 g/mol. The largest absolute Gasteiger partial charge is 0.377 e. The van der Waals surface area contributed by atoms with E-state index in [-0.39, 0.29) is 29.4 Å². The number of aliphatic imine (C=N–C) groups is 1. The van der Waals surface area contributed by atoms with Gasteiger partial charge in [-0.1, -0.05) is 44.2 Å². The molecule has 1 aromatic rings. The molecule has 2 N–H and O–H groups in total. The first-order chi connectivity index (χ1) is 14.1. The lowest BCUT2D eigenvalue weighted by molar-refractivity contribution is -0.106. The van der Waals surface area contributed by atoms with Gasteiger partial charge in [0.15, 0.2) is 5.96 Å². The average molecular weight is 524 g/mol. The van der Waals surface area contributed by atoms with Crippen LogP contribution in [0, 0.1) is 11.3 Å². The van der Waals surface area contributed by atoms with Crippen molar-refractivity contribution in [2.75, 3.05) is 13.7 Å². The molecule has 0 spiro atoms. The molecule has 6 heteroatoms. The second kappa shape index (κ2) is 8.94. The zero-order chi connectivity index (χ0) is 20.0. The normalized spacial score (nSPS) is 37.1. The molecule has 166 valence electrons. The molecule has 30 heavy (non-hydrogen) atoms. The van der Waals surface area contributed by atoms with Gasteiger partial charge in [-0.25, -0.2) is 0 Å². The molecule has 4 aliphatic rings. The lowest BCUT2D eigenvalue weighted by Gasteiger charge is -2.55. The topological polar surface area (TPSA) is 48.9 Å². The van der Waals surface area contributed by atoms with Crippen LogP contribution in [0.3, 0.4) is 0 Å². The van der Waals surface area contributed by atoms with Gasteiger partial charge in [0.25, 0.3) is 0 Å². The Morgan fingerprint density at radius 2 is 1.80 bits per heavy atom. The Balaban J connectivity index is 0.00000218. The van der Waals surface area contributed by atoms with E-state index in [0.717, 1.165) is 19.1 Å². The summed E-state index contributed by atoms with van der Waals surface area (Å²) in [5.41, 5.74) is 1.62. The van der Waals surface area contributed by atoms with Crippen molar-refractivity contribution in [2.24, 2.45) is 16.3 Å². The first-order valence-corrected chi connectivity index (χ1v) is 11.5. The highest BCUT2D eigenvalue weighted by Gasteiger charge is 2.59. The second-order valence-electron chi connectivity index (χ2n) is 10.1. The number of nitrogens with one attached hydrogen (secondary N) is 2. The van der Waals surface area contributed by atoms with Crippen LogP contribution in [0.5, 0.6) is 0 Å². The summed E-state index contributed by atoms with van der Waals surface area (Å²) >= 11 is 0. The van der Waals surface area contributed by atoms with E-state index in [1.807, 2.05) is 7.05 Å². The smallest absolute Gasteiger partial charge is 0.191 e. The van der Waals surface area contributed by atoms with Gasteiger partial charge in [-0.3, -0.25) is 9.89 Å². The van der Waals surface area contributed by atoms with E-state index >= 15 is 0 Å². The maximum Gasteiger partial charge on any atom is 0.191 e. The fraction of sp³-hybridized carbons (Fsp3) is 0.708. The number of piperidine rings is 1. The number of ether oxygens (including phenoxy) is 1. The summed E-state index contributed by atoms with van der Waals surface area (Å²) in [6.07, 6.45) is 6.68. The van der Waals surface area contributed by atoms with E-state index < -0.39 is 0 Å². The van der Waals surface area contributed by atoms with Crippen LogP contribution in [-0.2, 0) is 11.3 Å². The summed E-state index contributed by atoms with van der Waals surface area (Å²) in [5.74, 6) is 1.61. The zero-order valence-corrected chi connectivity index (χ0v) is 20.8. The van der Waals surface area contributed by atoms with E-state index in [4.69, 9.17) is 4.74 Å². The molecule has 1 saturated carbocycles. The Morgan fingerprint density at radius 1 is 1.10 bits per heavy atom. The molecule has 3 heterocycles. The Kier molecular flexibility index (Phi) is 6.66. The highest BCUT2D eigenvalue weighted by Crippen LogP contribution is 2.52. The quantitative estimate of drug-likeness (QED) is 0.358. The molecule has 1 aliphatic carbocycles. The average Bonchev–Trinajstić information content (AvgIpc) is 3.26. The predicted molar refractivity (Wildman–Crippen MR) is 132 cm³/mol. The fourth-order valence-electron chi connectivity index (χ4n) is 6.57. The van der Waals surface area contributed by atoms with Gasteiger partial charge in [0, 0.05) is 55.7 Å². The van der Waals surface area contributed by atoms with Crippen LogP contribution in [-0.4, -0.2) is 54.8 Å². The first-order valence-electron chi connectivity index (χ1n) is 11.5. The molecule has 5 rings (SSSR count). The molecule has 0 radical (unpaired) electrons. The summed E-state index contributed by atoms with van der Waals surface area (Å²) in [7, 11) is 1.91. The fourth-order valence-corrected chi connectivity index (χ4v) is 6.57. The van der Waals surface area contributed by atoms with Gasteiger partial charge in [-0.15, -0.1) is 24.0 Å². The molecule has 2 bridgehead atoms. The maximum atomic E-state index is 5.95. The van der Waals surface area contributed by atoms with Crippen LogP contribution >= 0.6 is 24.0 Å². The number of rotatable bonds is 4. The van der Waals surface area contributed by atoms with Crippen LogP contribution in [0.15, 0.2) is 35.3 Å². The lowest BCUT2D eigenvalue weighted by atomic mass is 9.57. The molecule has 3 aliphatic heterocycles. The molecule has 5 unspecified atom stereocenters. The predicted octanol–water partition coefficient (Wildman–Crippen LogP) is 3.78. The maximum absolute atomic E-state index is 5.95. The van der Waals surface area contributed by atoms with E-state index in [1.165, 1.54) is 37.7 Å². The zero-order valence-electron chi connectivity index (χ0n) is 18.5. The van der Waals surface area contributed by atoms with Crippen molar-refractivity contribution in [3.8, 4) is 0 Å². The molecule has 5 nitrogen and oxygen atoms in total. The van der Waals surface area contributed by atoms with Gasteiger partial charge in [-0.05, 0) is 37.7 Å². The van der Waals surface area contributed by atoms with Crippen LogP contribution in [0.25, 0.3) is 0 Å². The summed E-state index contributed by atoms with van der Waals surface area (Å²) in [4.78, 5) is 7.33. The highest BCUT2D eigenvalue weighted by atomic mass is 127. The number of halogens is 1. The summed E-state index contributed by atoms with van der Waals surface area (Å²) in [5, 5.41) is 7.54. The monoisotopic (exact) mass is 524 g/mol. The highest BCUT2D eigenvalue weighted by molar-refractivity contribution is 14.0. The van der Waals surface area contributed by atoms with Gasteiger partial charge in [0.1, 0.15) is 0 Å². The molecule has 0 amide bonds. The number of hydrogen-bond donors (Lipinski definition) is 2. The van der Waals surface area contributed by atoms with Gasteiger partial charge < -0.3 is 15.4 Å². The minimum atomic E-state index is 0. The van der Waals surface area contributed by atoms with Crippen LogP contribution < -0.4 is 10.6 Å². The van der Waals surface area contributed by atoms with Gasteiger partial charge >= 0.3 is 0 Å². The number of nitrogens with zero attached hydrogens (tertiary/aromatic N) is 2. The lowest BCUT2D eigenvalue weighted by Crippen LogP contribution is -2.68. The third-order valence-corrected chi connectivity index (χ3v) is 8.05. The minimum absolute atomic E-state index is 0. The summed E-state index contributed by atoms with van der Waals surface area (Å²) in [6.45, 7) is 6.65. The van der Waals surface area contributed by atoms with Crippen LogP contribution in [0.4, 0.5) is 0 Å². The molecule has 3 saturated heterocycles. The third kappa shape index (κ3) is 3.99. The van der Waals surface area contributed by atoms with Crippen molar-refractivity contribution in [1.29, 1.82) is 0 Å². The Hall–Kier alpha value is -0.860. The minimum Gasteiger partial charge on any atom is -0.377 e. The standard InChI is InChI=1S/C24H36N4O.HI/c1-24(2)21(20-11-12-29-22(20)24)27-23(25-3)26-17-13-18-9-10-19(14-17)28(18)15-16-7-5-4-6-8-16;/h4-8,17-22H,9-15H2,1-3H3,(H2,25,26,27);1H. The van der Waals surface area contributed by atoms with E-state index in [0.29, 0.717) is 36.2 Å². The van der Waals surface area contributed by atoms with Gasteiger partial charge in [0.05, 0.1) is 6.10 Å². The third-order valence-electron chi connectivity index (χ3n) is 8.05. The van der Waals surface area contributed by atoms with Crippen molar-refractivity contribution < 1.29 is 4.74 Å². The van der Waals surface area contributed by atoms with E-state index in [2.05, 4.69) is 64.7 Å². The SMILES string of the molecule is CN=C(NC1CC2CCC(C1)N2Cc1ccccc1)NC1C2CCOC2C1(C)C.I. The number of guanidine groups is 1. The van der Waals surface area contributed by atoms with Gasteiger partial charge in [-0.2, -0.15) is 0 Å². The molecule has 0 aromatic heterocycles. The van der Waals surface area contributed by atoms with E-state index in [9.17, 15) is 0 Å². The number of hydrogen-bond acceptors (Lipinski definition) is 3. The van der Waals surface area contributed by atoms with Gasteiger partial charge in [0.2, 0.25) is 0 Å². The van der Waals surface area contributed by atoms with E-state index in [1.54, 1.807) is 0 Å². The first kappa shape index (κ1) is 22.3. The van der Waals surface area contributed by atoms with Crippen molar-refractivity contribution in [1.82, 2.24) is 15.5 Å². The number of benzene rings is 1. The Labute approximate surface area is 198 Å². The summed E-state index contributed by atoms with van der Waals surface area (Å²) in [6, 6.07) is 13.3.